The zero-order valence-electron chi connectivity index (χ0n) is 17.2. The van der Waals surface area contributed by atoms with Crippen molar-refractivity contribution in [2.45, 2.75) is 64.5 Å². The third-order valence-corrected chi connectivity index (χ3v) is 7.47. The lowest BCUT2D eigenvalue weighted by Gasteiger charge is -2.52. The molecular weight excluding hydrogens is 366 g/mol. The molecule has 0 radical (unpaired) electrons. The molecule has 1 heterocycles. The fraction of sp³-hybridized carbons (Fsp3) is 0.520. The zero-order valence-corrected chi connectivity index (χ0v) is 17.9. The fourth-order valence-corrected chi connectivity index (χ4v) is 5.67. The van der Waals surface area contributed by atoms with E-state index in [2.05, 4.69) is 57.2 Å². The Bertz CT molecular complexity index is 782. The highest BCUT2D eigenvalue weighted by atomic mass is 35.5. The van der Waals surface area contributed by atoms with E-state index < -0.39 is 0 Å². The molecule has 28 heavy (non-hydrogen) atoms. The lowest BCUT2D eigenvalue weighted by molar-refractivity contribution is -0.213. The summed E-state index contributed by atoms with van der Waals surface area (Å²) in [5, 5.41) is 13.7. The van der Waals surface area contributed by atoms with Gasteiger partial charge in [0.1, 0.15) is 0 Å². The molecule has 0 bridgehead atoms. The van der Waals surface area contributed by atoms with Gasteiger partial charge in [-0.15, -0.1) is 0 Å². The summed E-state index contributed by atoms with van der Waals surface area (Å²) in [5.41, 5.74) is 2.88. The highest BCUT2D eigenvalue weighted by molar-refractivity contribution is 6.30. The van der Waals surface area contributed by atoms with Crippen LogP contribution >= 0.6 is 11.6 Å². The molecule has 3 heteroatoms. The van der Waals surface area contributed by atoms with E-state index >= 15 is 0 Å². The molecule has 0 unspecified atom stereocenters. The second-order valence-electron chi connectivity index (χ2n) is 9.81. The molecule has 2 nitrogen and oxygen atoms in total. The molecule has 0 amide bonds. The van der Waals surface area contributed by atoms with Crippen molar-refractivity contribution >= 4 is 11.6 Å². The number of benzene rings is 2. The molecule has 2 aliphatic rings. The van der Waals surface area contributed by atoms with Gasteiger partial charge in [-0.2, -0.15) is 5.06 Å². The summed E-state index contributed by atoms with van der Waals surface area (Å²) in [6, 6.07) is 19.2. The number of fused-ring (bicyclic) bond motifs is 1. The number of hydrogen-bond acceptors (Lipinski definition) is 2. The predicted octanol–water partition coefficient (Wildman–Crippen LogP) is 7.09. The van der Waals surface area contributed by atoms with Crippen LogP contribution in [0.15, 0.2) is 54.6 Å². The van der Waals surface area contributed by atoms with Gasteiger partial charge in [-0.3, -0.25) is 0 Å². The SMILES string of the molecule is CC(C)(C)[C@H]1CC[C@@H]2[C@H](C1)[C@@H](c1ccc(Cl)cc1)C[C@H](c1ccccc1)N2O. The number of rotatable bonds is 2. The molecular formula is C25H32ClNO. The van der Waals surface area contributed by atoms with Crippen molar-refractivity contribution < 1.29 is 5.21 Å². The minimum Gasteiger partial charge on any atom is -0.313 e. The average molecular weight is 398 g/mol. The standard InChI is InChI=1S/C25H32ClNO/c1-25(2,3)19-11-14-23-22(15-19)21(17-9-12-20(26)13-10-17)16-24(27(23)28)18-7-5-4-6-8-18/h4-10,12-13,19,21-24,28H,11,14-16H2,1-3H3/t19-,21+,22+,23+,24+/m0/s1. The van der Waals surface area contributed by atoms with Crippen LogP contribution in [0.3, 0.4) is 0 Å². The smallest absolute Gasteiger partial charge is 0.0608 e. The molecule has 150 valence electrons. The van der Waals surface area contributed by atoms with E-state index in [1.54, 1.807) is 5.06 Å². The van der Waals surface area contributed by atoms with Gasteiger partial charge in [0.05, 0.1) is 6.04 Å². The zero-order chi connectivity index (χ0) is 19.9. The van der Waals surface area contributed by atoms with E-state index in [9.17, 15) is 5.21 Å². The Kier molecular flexibility index (Phi) is 5.57. The molecule has 1 aliphatic heterocycles. The Balaban J connectivity index is 1.70. The van der Waals surface area contributed by atoms with Crippen molar-refractivity contribution in [2.24, 2.45) is 17.3 Å². The maximum atomic E-state index is 11.2. The van der Waals surface area contributed by atoms with Crippen molar-refractivity contribution in [3.63, 3.8) is 0 Å². The van der Waals surface area contributed by atoms with Crippen molar-refractivity contribution in [1.29, 1.82) is 0 Å². The van der Waals surface area contributed by atoms with Crippen molar-refractivity contribution in [2.75, 3.05) is 0 Å². The Morgan fingerprint density at radius 1 is 0.893 bits per heavy atom. The highest BCUT2D eigenvalue weighted by Crippen LogP contribution is 2.53. The summed E-state index contributed by atoms with van der Waals surface area (Å²) in [4.78, 5) is 0. The highest BCUT2D eigenvalue weighted by Gasteiger charge is 2.48. The summed E-state index contributed by atoms with van der Waals surface area (Å²) in [6.45, 7) is 7.09. The van der Waals surface area contributed by atoms with Gasteiger partial charge in [-0.1, -0.05) is 74.8 Å². The van der Waals surface area contributed by atoms with Gasteiger partial charge < -0.3 is 5.21 Å². The first-order valence-electron chi connectivity index (χ1n) is 10.6. The Morgan fingerprint density at radius 3 is 2.21 bits per heavy atom. The van der Waals surface area contributed by atoms with Crippen LogP contribution in [0, 0.1) is 17.3 Å². The first kappa shape index (κ1) is 19.9. The average Bonchev–Trinajstić information content (AvgIpc) is 2.69. The molecule has 2 aromatic carbocycles. The molecule has 4 rings (SSSR count). The Hall–Kier alpha value is -1.35. The van der Waals surface area contributed by atoms with E-state index in [0.717, 1.165) is 17.9 Å². The number of halogens is 1. The first-order chi connectivity index (χ1) is 13.3. The van der Waals surface area contributed by atoms with Gasteiger partial charge in [0.15, 0.2) is 0 Å². The van der Waals surface area contributed by atoms with Gasteiger partial charge in [0.2, 0.25) is 0 Å². The normalized spacial score (nSPS) is 31.4. The lowest BCUT2D eigenvalue weighted by atomic mass is 9.61. The van der Waals surface area contributed by atoms with Gasteiger partial charge in [0, 0.05) is 11.1 Å². The lowest BCUT2D eigenvalue weighted by Crippen LogP contribution is -2.51. The third-order valence-electron chi connectivity index (χ3n) is 7.22. The van der Waals surface area contributed by atoms with Gasteiger partial charge in [0.25, 0.3) is 0 Å². The monoisotopic (exact) mass is 397 g/mol. The second kappa shape index (κ2) is 7.82. The second-order valence-corrected chi connectivity index (χ2v) is 10.2. The molecule has 5 atom stereocenters. The molecule has 0 aromatic heterocycles. The summed E-state index contributed by atoms with van der Waals surface area (Å²) in [7, 11) is 0. The van der Waals surface area contributed by atoms with Gasteiger partial charge in [-0.05, 0) is 72.1 Å². The number of hydrogen-bond donors (Lipinski definition) is 1. The number of nitrogens with zero attached hydrogens (tertiary/aromatic N) is 1. The summed E-state index contributed by atoms with van der Waals surface area (Å²) in [5.74, 6) is 1.62. The van der Waals surface area contributed by atoms with Crippen molar-refractivity contribution in [3.8, 4) is 0 Å². The van der Waals surface area contributed by atoms with Crippen molar-refractivity contribution in [3.05, 3.63) is 70.7 Å². The Morgan fingerprint density at radius 2 is 1.57 bits per heavy atom. The van der Waals surface area contributed by atoms with Crippen LogP contribution in [-0.4, -0.2) is 16.3 Å². The molecule has 2 fully saturated rings. The minimum atomic E-state index is 0.0503. The molecule has 2 aromatic rings. The predicted molar refractivity (Wildman–Crippen MR) is 116 cm³/mol. The summed E-state index contributed by atoms with van der Waals surface area (Å²) in [6.07, 6.45) is 4.38. The van der Waals surface area contributed by atoms with Crippen LogP contribution in [0.1, 0.15) is 69.5 Å². The quantitative estimate of drug-likeness (QED) is 0.584. The number of hydroxylamine groups is 2. The van der Waals surface area contributed by atoms with Crippen LogP contribution in [-0.2, 0) is 0 Å². The number of piperidine rings is 1. The van der Waals surface area contributed by atoms with Crippen LogP contribution in [0.2, 0.25) is 5.02 Å². The van der Waals surface area contributed by atoms with Crippen LogP contribution in [0.25, 0.3) is 0 Å². The van der Waals surface area contributed by atoms with E-state index in [-0.39, 0.29) is 12.1 Å². The maximum Gasteiger partial charge on any atom is 0.0608 e. The summed E-state index contributed by atoms with van der Waals surface area (Å²) >= 11 is 6.17. The Labute approximate surface area is 174 Å². The topological polar surface area (TPSA) is 23.5 Å². The van der Waals surface area contributed by atoms with E-state index in [0.29, 0.717) is 23.2 Å². The maximum absolute atomic E-state index is 11.2. The van der Waals surface area contributed by atoms with Gasteiger partial charge >= 0.3 is 0 Å². The van der Waals surface area contributed by atoms with E-state index in [4.69, 9.17) is 11.6 Å². The molecule has 1 saturated heterocycles. The van der Waals surface area contributed by atoms with E-state index in [1.807, 2.05) is 18.2 Å². The molecule has 1 saturated carbocycles. The summed E-state index contributed by atoms with van der Waals surface area (Å²) < 4.78 is 0. The molecule has 0 spiro atoms. The first-order valence-corrected chi connectivity index (χ1v) is 11.0. The molecule has 1 aliphatic carbocycles. The largest absolute Gasteiger partial charge is 0.313 e. The van der Waals surface area contributed by atoms with Crippen LogP contribution in [0.5, 0.6) is 0 Å². The van der Waals surface area contributed by atoms with E-state index in [1.165, 1.54) is 24.0 Å². The fourth-order valence-electron chi connectivity index (χ4n) is 5.55. The van der Waals surface area contributed by atoms with Crippen LogP contribution < -0.4 is 0 Å². The van der Waals surface area contributed by atoms with Crippen LogP contribution in [0.4, 0.5) is 0 Å². The minimum absolute atomic E-state index is 0.0503. The van der Waals surface area contributed by atoms with Crippen molar-refractivity contribution in [1.82, 2.24) is 5.06 Å². The molecule has 1 N–H and O–H groups in total. The van der Waals surface area contributed by atoms with Gasteiger partial charge in [-0.25, -0.2) is 0 Å². The third kappa shape index (κ3) is 3.87.